The molecule has 2 heterocycles. The van der Waals surface area contributed by atoms with Crippen molar-refractivity contribution < 1.29 is 14.0 Å². The summed E-state index contributed by atoms with van der Waals surface area (Å²) in [7, 11) is 0. The van der Waals surface area contributed by atoms with Gasteiger partial charge in [-0.15, -0.1) is 11.3 Å². The molecule has 0 aliphatic heterocycles. The van der Waals surface area contributed by atoms with Crippen LogP contribution in [0.5, 0.6) is 0 Å². The SMILES string of the molecule is CC(=O)N[C@@H](CC(=O)N[C@@H](C)c1ccc(C)o1)c1cccs1. The Kier molecular flexibility index (Phi) is 5.38. The molecule has 0 saturated heterocycles. The first-order valence-electron chi connectivity index (χ1n) is 7.12. The van der Waals surface area contributed by atoms with Gasteiger partial charge in [0.2, 0.25) is 11.8 Å². The molecule has 0 bridgehead atoms. The van der Waals surface area contributed by atoms with E-state index in [1.165, 1.54) is 18.3 Å². The van der Waals surface area contributed by atoms with Crippen molar-refractivity contribution in [1.82, 2.24) is 10.6 Å². The number of nitrogens with one attached hydrogen (secondary N) is 2. The van der Waals surface area contributed by atoms with Crippen molar-refractivity contribution in [3.8, 4) is 0 Å². The predicted octanol–water partition coefficient (Wildman–Crippen LogP) is 3.09. The van der Waals surface area contributed by atoms with Gasteiger partial charge in [-0.05, 0) is 37.4 Å². The summed E-state index contributed by atoms with van der Waals surface area (Å²) in [5, 5.41) is 7.64. The standard InChI is InChI=1S/C16H20N2O3S/c1-10-6-7-14(21-10)11(2)17-16(20)9-13(18-12(3)19)15-5-4-8-22-15/h4-8,11,13H,9H2,1-3H3,(H,17,20)(H,18,19)/t11-,13-/m0/s1. The number of furan rings is 1. The van der Waals surface area contributed by atoms with Crippen LogP contribution in [0.3, 0.4) is 0 Å². The topological polar surface area (TPSA) is 71.3 Å². The Morgan fingerprint density at radius 2 is 2.05 bits per heavy atom. The molecule has 0 aromatic carbocycles. The van der Waals surface area contributed by atoms with E-state index >= 15 is 0 Å². The maximum Gasteiger partial charge on any atom is 0.223 e. The molecule has 118 valence electrons. The number of thiophene rings is 1. The van der Waals surface area contributed by atoms with E-state index in [-0.39, 0.29) is 30.3 Å². The third kappa shape index (κ3) is 4.46. The van der Waals surface area contributed by atoms with Gasteiger partial charge in [-0.25, -0.2) is 0 Å². The Bertz CT molecular complexity index is 634. The van der Waals surface area contributed by atoms with Gasteiger partial charge in [0.1, 0.15) is 11.5 Å². The van der Waals surface area contributed by atoms with Crippen molar-refractivity contribution in [1.29, 1.82) is 0 Å². The van der Waals surface area contributed by atoms with Crippen molar-refractivity contribution in [3.63, 3.8) is 0 Å². The summed E-state index contributed by atoms with van der Waals surface area (Å²) < 4.78 is 5.51. The number of hydrogen-bond donors (Lipinski definition) is 2. The zero-order valence-corrected chi connectivity index (χ0v) is 13.7. The molecule has 6 heteroatoms. The average Bonchev–Trinajstić information content (AvgIpc) is 3.08. The van der Waals surface area contributed by atoms with Crippen LogP contribution in [0.1, 0.15) is 48.7 Å². The average molecular weight is 320 g/mol. The lowest BCUT2D eigenvalue weighted by Crippen LogP contribution is -2.33. The second kappa shape index (κ2) is 7.26. The van der Waals surface area contributed by atoms with Gasteiger partial charge in [0, 0.05) is 11.8 Å². The highest BCUT2D eigenvalue weighted by Crippen LogP contribution is 2.23. The van der Waals surface area contributed by atoms with Crippen molar-refractivity contribution in [2.24, 2.45) is 0 Å². The first kappa shape index (κ1) is 16.3. The molecule has 2 aromatic heterocycles. The Hall–Kier alpha value is -2.08. The molecule has 2 amide bonds. The fourth-order valence-electron chi connectivity index (χ4n) is 2.20. The maximum absolute atomic E-state index is 12.2. The highest BCUT2D eigenvalue weighted by molar-refractivity contribution is 7.10. The first-order valence-corrected chi connectivity index (χ1v) is 8.00. The molecule has 0 unspecified atom stereocenters. The van der Waals surface area contributed by atoms with E-state index in [4.69, 9.17) is 4.42 Å². The Balaban J connectivity index is 1.97. The van der Waals surface area contributed by atoms with E-state index in [2.05, 4.69) is 10.6 Å². The summed E-state index contributed by atoms with van der Waals surface area (Å²) in [6.07, 6.45) is 0.199. The minimum atomic E-state index is -0.303. The molecule has 22 heavy (non-hydrogen) atoms. The van der Waals surface area contributed by atoms with Gasteiger partial charge in [0.05, 0.1) is 18.5 Å². The van der Waals surface area contributed by atoms with Crippen molar-refractivity contribution in [3.05, 3.63) is 46.0 Å². The number of aryl methyl sites for hydroxylation is 1. The normalized spacial score (nSPS) is 13.4. The summed E-state index contributed by atoms with van der Waals surface area (Å²) in [6.45, 7) is 5.18. The van der Waals surface area contributed by atoms with Gasteiger partial charge in [0.25, 0.3) is 0 Å². The van der Waals surface area contributed by atoms with Gasteiger partial charge in [0.15, 0.2) is 0 Å². The molecular weight excluding hydrogens is 300 g/mol. The summed E-state index contributed by atoms with van der Waals surface area (Å²) in [4.78, 5) is 24.5. The van der Waals surface area contributed by atoms with Gasteiger partial charge in [-0.1, -0.05) is 6.07 Å². The Morgan fingerprint density at radius 3 is 2.59 bits per heavy atom. The first-order chi connectivity index (χ1) is 10.5. The van der Waals surface area contributed by atoms with E-state index in [1.807, 2.05) is 43.5 Å². The van der Waals surface area contributed by atoms with Gasteiger partial charge in [-0.2, -0.15) is 0 Å². The van der Waals surface area contributed by atoms with Gasteiger partial charge in [-0.3, -0.25) is 9.59 Å². The minimum Gasteiger partial charge on any atom is -0.464 e. The molecular formula is C16H20N2O3S. The fraction of sp³-hybridized carbons (Fsp3) is 0.375. The number of carbonyl (C=O) groups excluding carboxylic acids is 2. The minimum absolute atomic E-state index is 0.131. The molecule has 0 saturated carbocycles. The van der Waals surface area contributed by atoms with Gasteiger partial charge >= 0.3 is 0 Å². The largest absolute Gasteiger partial charge is 0.464 e. The van der Waals surface area contributed by atoms with E-state index < -0.39 is 0 Å². The quantitative estimate of drug-likeness (QED) is 0.859. The van der Waals surface area contributed by atoms with Crippen LogP contribution in [0.4, 0.5) is 0 Å². The van der Waals surface area contributed by atoms with Crippen LogP contribution in [0.15, 0.2) is 34.1 Å². The zero-order valence-electron chi connectivity index (χ0n) is 12.9. The molecule has 2 N–H and O–H groups in total. The third-order valence-corrected chi connectivity index (χ3v) is 4.21. The molecule has 2 aromatic rings. The molecule has 0 aliphatic carbocycles. The van der Waals surface area contributed by atoms with Crippen LogP contribution < -0.4 is 10.6 Å². The lowest BCUT2D eigenvalue weighted by molar-refractivity contribution is -0.123. The number of rotatable bonds is 6. The monoisotopic (exact) mass is 320 g/mol. The molecule has 5 nitrogen and oxygen atoms in total. The van der Waals surface area contributed by atoms with Crippen LogP contribution in [-0.4, -0.2) is 11.8 Å². The van der Waals surface area contributed by atoms with Crippen molar-refractivity contribution in [2.75, 3.05) is 0 Å². The second-order valence-electron chi connectivity index (χ2n) is 5.21. The van der Waals surface area contributed by atoms with Crippen LogP contribution in [0.2, 0.25) is 0 Å². The molecule has 2 rings (SSSR count). The Labute approximate surface area is 133 Å². The predicted molar refractivity (Wildman–Crippen MR) is 85.5 cm³/mol. The Morgan fingerprint density at radius 1 is 1.27 bits per heavy atom. The van der Waals surface area contributed by atoms with E-state index in [0.717, 1.165) is 16.4 Å². The molecule has 0 aliphatic rings. The lowest BCUT2D eigenvalue weighted by Gasteiger charge is -2.18. The lowest BCUT2D eigenvalue weighted by atomic mass is 10.1. The molecule has 2 atom stereocenters. The van der Waals surface area contributed by atoms with Crippen molar-refractivity contribution in [2.45, 2.75) is 39.3 Å². The second-order valence-corrected chi connectivity index (χ2v) is 6.19. The highest BCUT2D eigenvalue weighted by Gasteiger charge is 2.20. The number of hydrogen-bond acceptors (Lipinski definition) is 4. The zero-order chi connectivity index (χ0) is 16.1. The van der Waals surface area contributed by atoms with E-state index in [0.29, 0.717) is 0 Å². The summed E-state index contributed by atoms with van der Waals surface area (Å²) in [6, 6.07) is 7.03. The smallest absolute Gasteiger partial charge is 0.223 e. The summed E-state index contributed by atoms with van der Waals surface area (Å²) >= 11 is 1.52. The summed E-state index contributed by atoms with van der Waals surface area (Å²) in [5.41, 5.74) is 0. The van der Waals surface area contributed by atoms with Crippen LogP contribution >= 0.6 is 11.3 Å². The van der Waals surface area contributed by atoms with Crippen LogP contribution in [0.25, 0.3) is 0 Å². The molecule has 0 spiro atoms. The number of amides is 2. The summed E-state index contributed by atoms with van der Waals surface area (Å²) in [5.74, 6) is 1.25. The molecule has 0 radical (unpaired) electrons. The number of carbonyl (C=O) groups is 2. The highest BCUT2D eigenvalue weighted by atomic mass is 32.1. The molecule has 0 fully saturated rings. The van der Waals surface area contributed by atoms with E-state index in [1.54, 1.807) is 0 Å². The fourth-order valence-corrected chi connectivity index (χ4v) is 2.98. The van der Waals surface area contributed by atoms with Crippen LogP contribution in [0, 0.1) is 6.92 Å². The van der Waals surface area contributed by atoms with Gasteiger partial charge < -0.3 is 15.1 Å². The van der Waals surface area contributed by atoms with Crippen molar-refractivity contribution >= 4 is 23.2 Å². The van der Waals surface area contributed by atoms with E-state index in [9.17, 15) is 9.59 Å². The third-order valence-electron chi connectivity index (χ3n) is 3.22. The van der Waals surface area contributed by atoms with Crippen LogP contribution in [-0.2, 0) is 9.59 Å². The maximum atomic E-state index is 12.2.